The van der Waals surface area contributed by atoms with E-state index in [-0.39, 0.29) is 0 Å². The van der Waals surface area contributed by atoms with E-state index in [1.807, 2.05) is 18.9 Å². The number of carbonyl (C=O) groups excluding carboxylic acids is 1. The molecule has 1 heterocycles. The molecule has 0 bridgehead atoms. The topological polar surface area (TPSA) is 30.0 Å². The van der Waals surface area contributed by atoms with Gasteiger partial charge in [0.1, 0.15) is 6.79 Å². The second-order valence-electron chi connectivity index (χ2n) is 1.39. The Balaban J connectivity index is 0.000000371. The van der Waals surface area contributed by atoms with Crippen LogP contribution in [-0.4, -0.2) is 11.8 Å². The molecule has 50 valence electrons. The lowest BCUT2D eigenvalue weighted by Crippen LogP contribution is -1.72. The quantitative estimate of drug-likeness (QED) is 0.492. The van der Waals surface area contributed by atoms with Crippen molar-refractivity contribution in [2.24, 2.45) is 0 Å². The highest BCUT2D eigenvalue weighted by molar-refractivity contribution is 5.27. The van der Waals surface area contributed by atoms with Crippen LogP contribution in [0.15, 0.2) is 24.5 Å². The van der Waals surface area contributed by atoms with Gasteiger partial charge in [-0.05, 0) is 12.1 Å². The summed E-state index contributed by atoms with van der Waals surface area (Å²) in [6, 6.07) is 3.65. The smallest absolute Gasteiger partial charge is 0.106 e. The first kappa shape index (κ1) is 8.38. The van der Waals surface area contributed by atoms with Crippen LogP contribution in [0.2, 0.25) is 0 Å². The summed E-state index contributed by atoms with van der Waals surface area (Å²) in [6.07, 6.45) is 8.41. The van der Waals surface area contributed by atoms with E-state index in [1.165, 1.54) is 0 Å². The molecule has 0 aliphatic heterocycles. The van der Waals surface area contributed by atoms with Gasteiger partial charge in [-0.2, -0.15) is 0 Å². The molecular formula is C8H7NO. The molecule has 10 heavy (non-hydrogen) atoms. The van der Waals surface area contributed by atoms with Crippen LogP contribution >= 0.6 is 0 Å². The third kappa shape index (κ3) is 2.63. The first-order valence-corrected chi connectivity index (χ1v) is 2.59. The third-order valence-electron chi connectivity index (χ3n) is 0.828. The number of nitrogens with zero attached hydrogens (tertiary/aromatic N) is 1. The van der Waals surface area contributed by atoms with Gasteiger partial charge in [0, 0.05) is 18.0 Å². The number of rotatable bonds is 0. The molecule has 0 N–H and O–H groups in total. The number of hydrogen-bond acceptors (Lipinski definition) is 2. The number of hydrogen-bond donors (Lipinski definition) is 0. The number of terminal acetylenes is 1. The van der Waals surface area contributed by atoms with Crippen molar-refractivity contribution in [1.82, 2.24) is 4.98 Å². The number of aromatic nitrogens is 1. The molecule has 0 spiro atoms. The molecule has 2 nitrogen and oxygen atoms in total. The van der Waals surface area contributed by atoms with Crippen LogP contribution in [0.1, 0.15) is 5.56 Å². The van der Waals surface area contributed by atoms with Crippen LogP contribution in [0.5, 0.6) is 0 Å². The third-order valence-corrected chi connectivity index (χ3v) is 0.828. The first-order valence-electron chi connectivity index (χ1n) is 2.59. The molecule has 0 aliphatic carbocycles. The summed E-state index contributed by atoms with van der Waals surface area (Å²) in [4.78, 5) is 11.8. The zero-order valence-electron chi connectivity index (χ0n) is 5.45. The molecule has 1 rings (SSSR count). The zero-order valence-corrected chi connectivity index (χ0v) is 5.45. The monoisotopic (exact) mass is 133 g/mol. The molecule has 0 fully saturated rings. The lowest BCUT2D eigenvalue weighted by molar-refractivity contribution is -0.0979. The lowest BCUT2D eigenvalue weighted by Gasteiger charge is -1.81. The molecule has 0 aliphatic rings. The summed E-state index contributed by atoms with van der Waals surface area (Å²) in [5.74, 6) is 2.46. The van der Waals surface area contributed by atoms with Crippen LogP contribution in [0.4, 0.5) is 0 Å². The second-order valence-corrected chi connectivity index (χ2v) is 1.39. The van der Waals surface area contributed by atoms with Crippen molar-refractivity contribution in [2.75, 3.05) is 0 Å². The fourth-order valence-corrected chi connectivity index (χ4v) is 0.448. The van der Waals surface area contributed by atoms with Gasteiger partial charge < -0.3 is 4.79 Å². The summed E-state index contributed by atoms with van der Waals surface area (Å²) in [5.41, 5.74) is 0.826. The Hall–Kier alpha value is -1.62. The largest absolute Gasteiger partial charge is 0.307 e. The standard InChI is InChI=1S/C7H5N.CH2O/c1-2-7-4-3-5-8-6-7;1-2/h1,3-6H;1H2. The SMILES string of the molecule is C#Cc1cccnc1.C=O. The van der Waals surface area contributed by atoms with Gasteiger partial charge in [-0.3, -0.25) is 4.98 Å². The van der Waals surface area contributed by atoms with Crippen LogP contribution in [0.25, 0.3) is 0 Å². The van der Waals surface area contributed by atoms with Gasteiger partial charge in [0.2, 0.25) is 0 Å². The van der Waals surface area contributed by atoms with Gasteiger partial charge >= 0.3 is 0 Å². The predicted molar refractivity (Wildman–Crippen MR) is 39.3 cm³/mol. The normalized spacial score (nSPS) is 6.70. The minimum absolute atomic E-state index is 0.826. The average Bonchev–Trinajstić information content (AvgIpc) is 2.10. The van der Waals surface area contributed by atoms with Crippen molar-refractivity contribution in [3.05, 3.63) is 30.1 Å². The number of pyridine rings is 1. The van der Waals surface area contributed by atoms with Gasteiger partial charge in [0.25, 0.3) is 0 Å². The molecular weight excluding hydrogens is 126 g/mol. The molecule has 0 saturated carbocycles. The van der Waals surface area contributed by atoms with E-state index in [4.69, 9.17) is 11.2 Å². The van der Waals surface area contributed by atoms with Gasteiger partial charge in [-0.25, -0.2) is 0 Å². The summed E-state index contributed by atoms with van der Waals surface area (Å²) < 4.78 is 0. The van der Waals surface area contributed by atoms with E-state index in [0.717, 1.165) is 5.56 Å². The summed E-state index contributed by atoms with van der Waals surface area (Å²) >= 11 is 0. The highest BCUT2D eigenvalue weighted by Gasteiger charge is 1.77. The molecule has 1 aromatic rings. The maximum absolute atomic E-state index is 8.00. The molecule has 0 radical (unpaired) electrons. The van der Waals surface area contributed by atoms with Gasteiger partial charge in [0.05, 0.1) is 0 Å². The average molecular weight is 133 g/mol. The maximum atomic E-state index is 8.00. The molecule has 2 heteroatoms. The Morgan fingerprint density at radius 2 is 2.30 bits per heavy atom. The van der Waals surface area contributed by atoms with Gasteiger partial charge in [-0.1, -0.05) is 5.92 Å². The van der Waals surface area contributed by atoms with Gasteiger partial charge in [0.15, 0.2) is 0 Å². The summed E-state index contributed by atoms with van der Waals surface area (Å²) in [6.45, 7) is 2.00. The van der Waals surface area contributed by atoms with Crippen molar-refractivity contribution in [3.63, 3.8) is 0 Å². The lowest BCUT2D eigenvalue weighted by atomic mass is 10.3. The fourth-order valence-electron chi connectivity index (χ4n) is 0.448. The molecule has 0 unspecified atom stereocenters. The van der Waals surface area contributed by atoms with Crippen LogP contribution in [0.3, 0.4) is 0 Å². The summed E-state index contributed by atoms with van der Waals surface area (Å²) in [5, 5.41) is 0. The van der Waals surface area contributed by atoms with Crippen molar-refractivity contribution >= 4 is 6.79 Å². The highest BCUT2D eigenvalue weighted by atomic mass is 16.1. The van der Waals surface area contributed by atoms with E-state index in [1.54, 1.807) is 12.4 Å². The van der Waals surface area contributed by atoms with Crippen molar-refractivity contribution in [2.45, 2.75) is 0 Å². The van der Waals surface area contributed by atoms with Crippen molar-refractivity contribution in [1.29, 1.82) is 0 Å². The van der Waals surface area contributed by atoms with Crippen molar-refractivity contribution < 1.29 is 4.79 Å². The molecule has 0 aromatic carbocycles. The Labute approximate surface area is 59.9 Å². The minimum atomic E-state index is 0.826. The van der Waals surface area contributed by atoms with E-state index >= 15 is 0 Å². The summed E-state index contributed by atoms with van der Waals surface area (Å²) in [7, 11) is 0. The number of carbonyl (C=O) groups is 1. The van der Waals surface area contributed by atoms with E-state index < -0.39 is 0 Å². The van der Waals surface area contributed by atoms with E-state index in [9.17, 15) is 0 Å². The zero-order chi connectivity index (χ0) is 7.82. The van der Waals surface area contributed by atoms with E-state index in [2.05, 4.69) is 10.9 Å². The minimum Gasteiger partial charge on any atom is -0.307 e. The fraction of sp³-hybridized carbons (Fsp3) is 0. The molecule has 0 atom stereocenters. The Morgan fingerprint density at radius 3 is 2.60 bits per heavy atom. The predicted octanol–water partition coefficient (Wildman–Crippen LogP) is 0.878. The Morgan fingerprint density at radius 1 is 1.60 bits per heavy atom. The molecule has 0 saturated heterocycles. The molecule has 0 amide bonds. The van der Waals surface area contributed by atoms with Crippen LogP contribution in [-0.2, 0) is 4.79 Å². The molecule has 1 aromatic heterocycles. The Bertz CT molecular complexity index is 212. The van der Waals surface area contributed by atoms with Crippen molar-refractivity contribution in [3.8, 4) is 12.3 Å². The first-order chi connectivity index (χ1) is 4.93. The Kier molecular flexibility index (Phi) is 4.62. The van der Waals surface area contributed by atoms with Crippen LogP contribution < -0.4 is 0 Å². The van der Waals surface area contributed by atoms with E-state index in [0.29, 0.717) is 0 Å². The van der Waals surface area contributed by atoms with Crippen LogP contribution in [0, 0.1) is 12.3 Å². The highest BCUT2D eigenvalue weighted by Crippen LogP contribution is 1.89. The van der Waals surface area contributed by atoms with Gasteiger partial charge in [-0.15, -0.1) is 6.42 Å². The maximum Gasteiger partial charge on any atom is 0.106 e. The second kappa shape index (κ2) is 5.52.